The summed E-state index contributed by atoms with van der Waals surface area (Å²) in [6, 6.07) is 3.63. The molecule has 0 aromatic heterocycles. The monoisotopic (exact) mass is 279 g/mol. The summed E-state index contributed by atoms with van der Waals surface area (Å²) in [5.74, 6) is -3.19. The van der Waals surface area contributed by atoms with Crippen LogP contribution in [-0.2, 0) is 6.42 Å². The Morgan fingerprint density at radius 2 is 1.89 bits per heavy atom. The van der Waals surface area contributed by atoms with Crippen LogP contribution < -0.4 is 5.32 Å². The summed E-state index contributed by atoms with van der Waals surface area (Å²) in [6.07, 6.45) is -3.66. The van der Waals surface area contributed by atoms with Gasteiger partial charge in [-0.3, -0.25) is 0 Å². The topological polar surface area (TPSA) is 12.0 Å². The van der Waals surface area contributed by atoms with Crippen molar-refractivity contribution in [2.75, 3.05) is 6.54 Å². The van der Waals surface area contributed by atoms with Crippen LogP contribution in [0.2, 0.25) is 0 Å². The average Bonchev–Trinajstić information content (AvgIpc) is 2.35. The maximum absolute atomic E-state index is 13.4. The Hall–Kier alpha value is -1.17. The second kappa shape index (κ2) is 5.45. The van der Waals surface area contributed by atoms with E-state index in [0.717, 1.165) is 6.07 Å². The molecular weight excluding hydrogens is 265 g/mol. The van der Waals surface area contributed by atoms with E-state index in [1.54, 1.807) is 0 Å². The Kier molecular flexibility index (Phi) is 4.08. The van der Waals surface area contributed by atoms with E-state index in [9.17, 15) is 22.0 Å². The molecular formula is C13H14F5N. The standard InChI is InChI=1S/C13H14F5N/c14-11-3-1-2-8(12(11)15)6-10-5-4-9(7-19-10)13(16,17)18/h1-3,9-10,19H,4-7H2. The first-order chi connectivity index (χ1) is 8.88. The number of rotatable bonds is 2. The first kappa shape index (κ1) is 14.2. The molecule has 1 aromatic rings. The molecule has 2 rings (SSSR count). The minimum absolute atomic E-state index is 0.0259. The number of halogens is 5. The van der Waals surface area contributed by atoms with Gasteiger partial charge in [0.15, 0.2) is 11.6 Å². The van der Waals surface area contributed by atoms with Gasteiger partial charge >= 0.3 is 6.18 Å². The van der Waals surface area contributed by atoms with Crippen molar-refractivity contribution >= 4 is 0 Å². The van der Waals surface area contributed by atoms with Crippen LogP contribution in [0.5, 0.6) is 0 Å². The number of alkyl halides is 3. The lowest BCUT2D eigenvalue weighted by Gasteiger charge is -2.31. The van der Waals surface area contributed by atoms with E-state index in [-0.39, 0.29) is 31.0 Å². The SMILES string of the molecule is Fc1cccc(CC2CCC(C(F)(F)F)CN2)c1F. The summed E-state index contributed by atoms with van der Waals surface area (Å²) < 4.78 is 63.8. The second-order valence-electron chi connectivity index (χ2n) is 4.84. The number of hydrogen-bond donors (Lipinski definition) is 1. The lowest BCUT2D eigenvalue weighted by molar-refractivity contribution is -0.179. The highest BCUT2D eigenvalue weighted by Crippen LogP contribution is 2.32. The van der Waals surface area contributed by atoms with Gasteiger partial charge in [0.2, 0.25) is 0 Å². The van der Waals surface area contributed by atoms with E-state index < -0.39 is 23.7 Å². The predicted octanol–water partition coefficient (Wildman–Crippen LogP) is 3.44. The van der Waals surface area contributed by atoms with Gasteiger partial charge in [-0.2, -0.15) is 13.2 Å². The van der Waals surface area contributed by atoms with Crippen molar-refractivity contribution in [2.24, 2.45) is 5.92 Å². The summed E-state index contributed by atoms with van der Waals surface area (Å²) in [5.41, 5.74) is 0.197. The zero-order valence-electron chi connectivity index (χ0n) is 10.1. The molecule has 1 heterocycles. The van der Waals surface area contributed by atoms with Crippen LogP contribution in [0, 0.1) is 17.6 Å². The Morgan fingerprint density at radius 1 is 1.16 bits per heavy atom. The normalized spacial score (nSPS) is 24.5. The summed E-state index contributed by atoms with van der Waals surface area (Å²) >= 11 is 0. The van der Waals surface area contributed by atoms with Crippen molar-refractivity contribution in [1.29, 1.82) is 0 Å². The first-order valence-corrected chi connectivity index (χ1v) is 6.11. The number of nitrogens with one attached hydrogen (secondary N) is 1. The van der Waals surface area contributed by atoms with E-state index >= 15 is 0 Å². The van der Waals surface area contributed by atoms with Gasteiger partial charge in [-0.1, -0.05) is 12.1 Å². The summed E-state index contributed by atoms with van der Waals surface area (Å²) in [4.78, 5) is 0. The summed E-state index contributed by atoms with van der Waals surface area (Å²) in [5, 5.41) is 2.76. The Morgan fingerprint density at radius 3 is 2.47 bits per heavy atom. The van der Waals surface area contributed by atoms with Crippen LogP contribution >= 0.6 is 0 Å². The number of benzene rings is 1. The highest BCUT2D eigenvalue weighted by Gasteiger charge is 2.41. The van der Waals surface area contributed by atoms with Gasteiger partial charge < -0.3 is 5.32 Å². The van der Waals surface area contributed by atoms with Crippen molar-refractivity contribution in [3.8, 4) is 0 Å². The van der Waals surface area contributed by atoms with E-state index in [0.29, 0.717) is 6.42 Å². The molecule has 1 aliphatic heterocycles. The third kappa shape index (κ3) is 3.43. The summed E-state index contributed by atoms with van der Waals surface area (Å²) in [6.45, 7) is -0.162. The molecule has 1 N–H and O–H groups in total. The molecule has 1 aliphatic rings. The molecule has 1 aromatic carbocycles. The second-order valence-corrected chi connectivity index (χ2v) is 4.84. The van der Waals surface area contributed by atoms with E-state index in [2.05, 4.69) is 5.32 Å². The van der Waals surface area contributed by atoms with E-state index in [4.69, 9.17) is 0 Å². The van der Waals surface area contributed by atoms with Crippen molar-refractivity contribution in [3.05, 3.63) is 35.4 Å². The lowest BCUT2D eigenvalue weighted by atomic mass is 9.91. The Bertz CT molecular complexity index is 435. The van der Waals surface area contributed by atoms with Crippen molar-refractivity contribution < 1.29 is 22.0 Å². The largest absolute Gasteiger partial charge is 0.393 e. The fraction of sp³-hybridized carbons (Fsp3) is 0.538. The number of hydrogen-bond acceptors (Lipinski definition) is 1. The van der Waals surface area contributed by atoms with Gasteiger partial charge in [0.25, 0.3) is 0 Å². The van der Waals surface area contributed by atoms with Gasteiger partial charge in [0, 0.05) is 12.6 Å². The first-order valence-electron chi connectivity index (χ1n) is 6.11. The molecule has 19 heavy (non-hydrogen) atoms. The van der Waals surface area contributed by atoms with E-state index in [1.165, 1.54) is 12.1 Å². The zero-order valence-corrected chi connectivity index (χ0v) is 10.1. The zero-order chi connectivity index (χ0) is 14.0. The molecule has 0 bridgehead atoms. The van der Waals surface area contributed by atoms with E-state index in [1.807, 2.05) is 0 Å². The highest BCUT2D eigenvalue weighted by atomic mass is 19.4. The quantitative estimate of drug-likeness (QED) is 0.818. The molecule has 106 valence electrons. The highest BCUT2D eigenvalue weighted by molar-refractivity contribution is 5.20. The van der Waals surface area contributed by atoms with Crippen molar-refractivity contribution in [2.45, 2.75) is 31.5 Å². The average molecular weight is 279 g/mol. The third-order valence-electron chi connectivity index (χ3n) is 3.48. The van der Waals surface area contributed by atoms with Crippen LogP contribution in [0.15, 0.2) is 18.2 Å². The van der Waals surface area contributed by atoms with Gasteiger partial charge in [-0.25, -0.2) is 8.78 Å². The fourth-order valence-electron chi connectivity index (χ4n) is 2.34. The van der Waals surface area contributed by atoms with Gasteiger partial charge in [0.1, 0.15) is 0 Å². The molecule has 0 amide bonds. The van der Waals surface area contributed by atoms with Crippen LogP contribution in [-0.4, -0.2) is 18.8 Å². The minimum Gasteiger partial charge on any atom is -0.313 e. The van der Waals surface area contributed by atoms with Crippen LogP contribution in [0.3, 0.4) is 0 Å². The molecule has 0 aliphatic carbocycles. The van der Waals surface area contributed by atoms with Gasteiger partial charge in [-0.05, 0) is 30.9 Å². The number of piperidine rings is 1. The third-order valence-corrected chi connectivity index (χ3v) is 3.48. The van der Waals surface area contributed by atoms with Crippen LogP contribution in [0.25, 0.3) is 0 Å². The van der Waals surface area contributed by atoms with Crippen molar-refractivity contribution in [1.82, 2.24) is 5.32 Å². The minimum atomic E-state index is -4.19. The lowest BCUT2D eigenvalue weighted by Crippen LogP contribution is -2.45. The predicted molar refractivity (Wildman–Crippen MR) is 60.6 cm³/mol. The van der Waals surface area contributed by atoms with Gasteiger partial charge in [0.05, 0.1) is 5.92 Å². The smallest absolute Gasteiger partial charge is 0.313 e. The van der Waals surface area contributed by atoms with Crippen LogP contribution in [0.4, 0.5) is 22.0 Å². The molecule has 1 fully saturated rings. The molecule has 6 heteroatoms. The Labute approximate surface area is 107 Å². The molecule has 1 nitrogen and oxygen atoms in total. The Balaban J connectivity index is 1.94. The molecule has 1 saturated heterocycles. The fourth-order valence-corrected chi connectivity index (χ4v) is 2.34. The molecule has 2 unspecified atom stereocenters. The maximum atomic E-state index is 13.4. The molecule has 0 spiro atoms. The van der Waals surface area contributed by atoms with Crippen LogP contribution in [0.1, 0.15) is 18.4 Å². The molecule has 0 radical (unpaired) electrons. The molecule has 2 atom stereocenters. The molecule has 0 saturated carbocycles. The maximum Gasteiger partial charge on any atom is 0.393 e. The summed E-state index contributed by atoms with van der Waals surface area (Å²) in [7, 11) is 0. The van der Waals surface area contributed by atoms with Crippen molar-refractivity contribution in [3.63, 3.8) is 0 Å². The van der Waals surface area contributed by atoms with Gasteiger partial charge in [-0.15, -0.1) is 0 Å².